The number of hydrogen-bond acceptors (Lipinski definition) is 0. The lowest BCUT2D eigenvalue weighted by Gasteiger charge is -2.08. The zero-order chi connectivity index (χ0) is 9.84. The molecule has 0 aliphatic rings. The summed E-state index contributed by atoms with van der Waals surface area (Å²) < 4.78 is 0. The maximum atomic E-state index is 3.53. The standard InChI is InChI=1S/C12H15Si/c1-9-6-4-5-7-12(9)11(3)10(2)8-13/h4-7H,8H2,1-3H3. The van der Waals surface area contributed by atoms with Crippen LogP contribution in [0.25, 0.3) is 5.57 Å². The summed E-state index contributed by atoms with van der Waals surface area (Å²) in [7, 11) is 3.53. The smallest absolute Gasteiger partial charge is 0.0279 e. The van der Waals surface area contributed by atoms with E-state index in [-0.39, 0.29) is 0 Å². The predicted molar refractivity (Wildman–Crippen MR) is 60.0 cm³/mol. The van der Waals surface area contributed by atoms with Gasteiger partial charge in [0.25, 0.3) is 0 Å². The van der Waals surface area contributed by atoms with Crippen molar-refractivity contribution in [1.82, 2.24) is 0 Å². The fraction of sp³-hybridized carbons (Fsp3) is 0.333. The molecule has 0 N–H and O–H groups in total. The average Bonchev–Trinajstić information content (AvgIpc) is 2.16. The van der Waals surface area contributed by atoms with Crippen LogP contribution in [0.1, 0.15) is 25.0 Å². The fourth-order valence-electron chi connectivity index (χ4n) is 1.36. The van der Waals surface area contributed by atoms with E-state index in [1.165, 1.54) is 22.3 Å². The normalized spacial score (nSPS) is 12.6. The van der Waals surface area contributed by atoms with Crippen LogP contribution in [0.5, 0.6) is 0 Å². The van der Waals surface area contributed by atoms with Crippen molar-refractivity contribution in [2.45, 2.75) is 26.8 Å². The molecule has 0 aliphatic heterocycles. The Balaban J connectivity index is 3.16. The lowest BCUT2D eigenvalue weighted by molar-refractivity contribution is 1.33. The maximum absolute atomic E-state index is 3.53. The minimum Gasteiger partial charge on any atom is -0.0732 e. The van der Waals surface area contributed by atoms with E-state index < -0.39 is 0 Å². The second-order valence-corrected chi connectivity index (χ2v) is 3.75. The summed E-state index contributed by atoms with van der Waals surface area (Å²) in [6.45, 7) is 6.49. The van der Waals surface area contributed by atoms with Crippen LogP contribution < -0.4 is 0 Å². The van der Waals surface area contributed by atoms with Gasteiger partial charge in [-0.25, -0.2) is 0 Å². The summed E-state index contributed by atoms with van der Waals surface area (Å²) in [6, 6.07) is 9.44. The molecule has 0 spiro atoms. The summed E-state index contributed by atoms with van der Waals surface area (Å²) >= 11 is 0. The van der Waals surface area contributed by atoms with Gasteiger partial charge in [-0.1, -0.05) is 29.8 Å². The fourth-order valence-corrected chi connectivity index (χ4v) is 1.62. The molecule has 0 aromatic heterocycles. The first-order valence-electron chi connectivity index (χ1n) is 4.53. The van der Waals surface area contributed by atoms with Crippen molar-refractivity contribution in [2.24, 2.45) is 0 Å². The van der Waals surface area contributed by atoms with Gasteiger partial charge in [0.2, 0.25) is 0 Å². The van der Waals surface area contributed by atoms with Crippen LogP contribution in [0.2, 0.25) is 6.04 Å². The van der Waals surface area contributed by atoms with Crippen molar-refractivity contribution >= 4 is 15.8 Å². The van der Waals surface area contributed by atoms with Gasteiger partial charge in [-0.2, -0.15) is 0 Å². The van der Waals surface area contributed by atoms with Gasteiger partial charge in [0.1, 0.15) is 0 Å². The summed E-state index contributed by atoms with van der Waals surface area (Å²) in [5.74, 6) is 0. The zero-order valence-electron chi connectivity index (χ0n) is 8.52. The molecule has 3 radical (unpaired) electrons. The zero-order valence-corrected chi connectivity index (χ0v) is 9.52. The third-order valence-electron chi connectivity index (χ3n) is 2.45. The average molecular weight is 187 g/mol. The molecule has 0 atom stereocenters. The molecule has 67 valence electrons. The maximum Gasteiger partial charge on any atom is 0.0279 e. The highest BCUT2D eigenvalue weighted by Crippen LogP contribution is 2.22. The minimum atomic E-state index is 0.945. The van der Waals surface area contributed by atoms with E-state index in [1.807, 2.05) is 0 Å². The monoisotopic (exact) mass is 187 g/mol. The number of rotatable bonds is 2. The summed E-state index contributed by atoms with van der Waals surface area (Å²) in [5, 5.41) is 0. The largest absolute Gasteiger partial charge is 0.0732 e. The van der Waals surface area contributed by atoms with Crippen LogP contribution in [0.15, 0.2) is 29.8 Å². The van der Waals surface area contributed by atoms with Crippen LogP contribution in [0.3, 0.4) is 0 Å². The molecule has 0 aliphatic carbocycles. The Bertz CT molecular complexity index is 324. The quantitative estimate of drug-likeness (QED) is 0.623. The van der Waals surface area contributed by atoms with Crippen molar-refractivity contribution in [2.75, 3.05) is 0 Å². The molecule has 1 aromatic rings. The first kappa shape index (κ1) is 10.3. The van der Waals surface area contributed by atoms with E-state index in [9.17, 15) is 0 Å². The van der Waals surface area contributed by atoms with Gasteiger partial charge in [0, 0.05) is 10.2 Å². The second-order valence-electron chi connectivity index (χ2n) is 3.40. The number of allylic oxidation sites excluding steroid dienone is 2. The highest BCUT2D eigenvalue weighted by molar-refractivity contribution is 6.10. The Morgan fingerprint density at radius 2 is 1.85 bits per heavy atom. The topological polar surface area (TPSA) is 0 Å². The SMILES string of the molecule is CC(C[Si])=C(C)c1ccccc1C. The minimum absolute atomic E-state index is 0.945. The summed E-state index contributed by atoms with van der Waals surface area (Å²) in [6.07, 6.45) is 0. The molecule has 0 nitrogen and oxygen atoms in total. The predicted octanol–water partition coefficient (Wildman–Crippen LogP) is 3.38. The van der Waals surface area contributed by atoms with Crippen molar-refractivity contribution in [3.05, 3.63) is 41.0 Å². The van der Waals surface area contributed by atoms with Crippen molar-refractivity contribution < 1.29 is 0 Å². The number of aryl methyl sites for hydroxylation is 1. The van der Waals surface area contributed by atoms with Gasteiger partial charge in [-0.15, -0.1) is 0 Å². The molecule has 0 heterocycles. The molecule has 0 amide bonds. The Labute approximate surface area is 84.1 Å². The molecular weight excluding hydrogens is 172 g/mol. The van der Waals surface area contributed by atoms with Crippen molar-refractivity contribution in [1.29, 1.82) is 0 Å². The Kier molecular flexibility index (Phi) is 3.49. The Morgan fingerprint density at radius 3 is 2.38 bits per heavy atom. The van der Waals surface area contributed by atoms with Crippen molar-refractivity contribution in [3.8, 4) is 0 Å². The molecule has 13 heavy (non-hydrogen) atoms. The first-order chi connectivity index (χ1) is 6.16. The first-order valence-corrected chi connectivity index (χ1v) is 5.24. The van der Waals surface area contributed by atoms with Crippen LogP contribution in [0.4, 0.5) is 0 Å². The van der Waals surface area contributed by atoms with Crippen LogP contribution in [0, 0.1) is 6.92 Å². The highest BCUT2D eigenvalue weighted by atomic mass is 28.1. The van der Waals surface area contributed by atoms with E-state index in [0.717, 1.165) is 6.04 Å². The molecule has 0 fully saturated rings. The molecule has 0 saturated carbocycles. The molecule has 1 aromatic carbocycles. The number of benzene rings is 1. The van der Waals surface area contributed by atoms with Gasteiger partial charge < -0.3 is 0 Å². The van der Waals surface area contributed by atoms with E-state index in [1.54, 1.807) is 0 Å². The van der Waals surface area contributed by atoms with E-state index in [2.05, 4.69) is 55.3 Å². The van der Waals surface area contributed by atoms with Gasteiger partial charge in [-0.3, -0.25) is 0 Å². The van der Waals surface area contributed by atoms with Crippen molar-refractivity contribution in [3.63, 3.8) is 0 Å². The van der Waals surface area contributed by atoms with Crippen LogP contribution in [-0.2, 0) is 0 Å². The van der Waals surface area contributed by atoms with E-state index in [0.29, 0.717) is 0 Å². The van der Waals surface area contributed by atoms with Crippen LogP contribution in [-0.4, -0.2) is 10.2 Å². The third-order valence-corrected chi connectivity index (χ3v) is 2.98. The Hall–Kier alpha value is -0.823. The van der Waals surface area contributed by atoms with Gasteiger partial charge in [0.05, 0.1) is 0 Å². The molecule has 0 bridgehead atoms. The molecular formula is C12H15Si. The molecule has 1 heteroatoms. The van der Waals surface area contributed by atoms with E-state index >= 15 is 0 Å². The third kappa shape index (κ3) is 2.31. The van der Waals surface area contributed by atoms with Gasteiger partial charge in [-0.05, 0) is 43.5 Å². The van der Waals surface area contributed by atoms with Gasteiger partial charge in [0.15, 0.2) is 0 Å². The molecule has 1 rings (SSSR count). The number of hydrogen-bond donors (Lipinski definition) is 0. The van der Waals surface area contributed by atoms with Crippen LogP contribution >= 0.6 is 0 Å². The molecule has 0 unspecified atom stereocenters. The lowest BCUT2D eigenvalue weighted by atomic mass is 9.99. The second kappa shape index (κ2) is 4.42. The lowest BCUT2D eigenvalue weighted by Crippen LogP contribution is -1.88. The highest BCUT2D eigenvalue weighted by Gasteiger charge is 2.01. The van der Waals surface area contributed by atoms with E-state index in [4.69, 9.17) is 0 Å². The Morgan fingerprint density at radius 1 is 1.23 bits per heavy atom. The summed E-state index contributed by atoms with van der Waals surface area (Å²) in [5.41, 5.74) is 5.48. The summed E-state index contributed by atoms with van der Waals surface area (Å²) in [4.78, 5) is 0. The molecule has 0 saturated heterocycles. The van der Waals surface area contributed by atoms with Gasteiger partial charge >= 0.3 is 0 Å².